The Morgan fingerprint density at radius 3 is 1.75 bits per heavy atom. The molecule has 6 nitrogen and oxygen atoms in total. The number of hydrogen-bond donors (Lipinski definition) is 2. The van der Waals surface area contributed by atoms with E-state index in [0.29, 0.717) is 17.4 Å². The van der Waals surface area contributed by atoms with Crippen LogP contribution in [0.3, 0.4) is 0 Å². The third-order valence-electron chi connectivity index (χ3n) is 2.62. The van der Waals surface area contributed by atoms with Crippen LogP contribution in [0.15, 0.2) is 36.4 Å². The smallest absolute Gasteiger partial charge is 0.261 e. The van der Waals surface area contributed by atoms with Gasteiger partial charge in [0.25, 0.3) is 21.9 Å². The minimum absolute atomic E-state index is 0.315. The van der Waals surface area contributed by atoms with E-state index in [1.807, 2.05) is 24.3 Å². The highest BCUT2D eigenvalue weighted by molar-refractivity contribution is 7.85. The Balaban J connectivity index is 0.000000257. The first-order chi connectivity index (χ1) is 9.27. The van der Waals surface area contributed by atoms with Crippen molar-refractivity contribution in [2.45, 2.75) is 0 Å². The molecule has 2 N–H and O–H groups in total. The molecule has 7 heteroatoms. The van der Waals surface area contributed by atoms with Gasteiger partial charge in [0.1, 0.15) is 0 Å². The number of hydrogen-bond acceptors (Lipinski definition) is 4. The number of amides is 2. The fourth-order valence-electron chi connectivity index (χ4n) is 1.96. The van der Waals surface area contributed by atoms with Crippen molar-refractivity contribution < 1.29 is 22.6 Å². The third-order valence-corrected chi connectivity index (χ3v) is 2.62. The number of imide groups is 1. The van der Waals surface area contributed by atoms with Gasteiger partial charge in [0.15, 0.2) is 0 Å². The number of rotatable bonds is 0. The molecule has 0 spiro atoms. The van der Waals surface area contributed by atoms with Crippen LogP contribution in [0, 0.1) is 0 Å². The molecule has 1 aliphatic heterocycles. The van der Waals surface area contributed by atoms with E-state index in [1.165, 1.54) is 0 Å². The number of nitrogens with one attached hydrogen (secondary N) is 1. The van der Waals surface area contributed by atoms with Gasteiger partial charge in [-0.2, -0.15) is 8.42 Å². The van der Waals surface area contributed by atoms with Crippen molar-refractivity contribution >= 4 is 32.7 Å². The Hall–Kier alpha value is -2.25. The molecule has 0 radical (unpaired) electrons. The molecule has 2 aromatic rings. The molecular weight excluding hydrogens is 282 g/mol. The molecule has 0 unspecified atom stereocenters. The van der Waals surface area contributed by atoms with Gasteiger partial charge in [-0.25, -0.2) is 0 Å². The van der Waals surface area contributed by atoms with Gasteiger partial charge in [0, 0.05) is 16.5 Å². The van der Waals surface area contributed by atoms with Crippen LogP contribution in [0.2, 0.25) is 0 Å². The van der Waals surface area contributed by atoms with Crippen LogP contribution in [0.1, 0.15) is 20.7 Å². The van der Waals surface area contributed by atoms with Gasteiger partial charge in [-0.1, -0.05) is 24.3 Å². The van der Waals surface area contributed by atoms with Crippen LogP contribution in [0.25, 0.3) is 10.8 Å². The lowest BCUT2D eigenvalue weighted by atomic mass is 9.95. The molecule has 0 saturated carbocycles. The monoisotopic (exact) mass is 293 g/mol. The summed E-state index contributed by atoms with van der Waals surface area (Å²) in [6, 6.07) is 10.9. The first-order valence-corrected chi connectivity index (χ1v) is 7.42. The predicted molar refractivity (Wildman–Crippen MR) is 73.2 cm³/mol. The van der Waals surface area contributed by atoms with Crippen LogP contribution < -0.4 is 5.32 Å². The predicted octanol–water partition coefficient (Wildman–Crippen LogP) is 1.23. The average Bonchev–Trinajstić information content (AvgIpc) is 2.33. The molecule has 0 saturated heterocycles. The van der Waals surface area contributed by atoms with E-state index >= 15 is 0 Å². The molecule has 2 aromatic carbocycles. The fraction of sp³-hybridized carbons (Fsp3) is 0.0769. The SMILES string of the molecule is CS(=O)(=O)O.O=C1NC(=O)c2cccc3cccc1c23. The second-order valence-electron chi connectivity index (χ2n) is 4.23. The van der Waals surface area contributed by atoms with Gasteiger partial charge in [-0.05, 0) is 17.5 Å². The van der Waals surface area contributed by atoms with Crippen LogP contribution in [-0.2, 0) is 10.1 Å². The summed E-state index contributed by atoms with van der Waals surface area (Å²) in [5.74, 6) is -0.631. The van der Waals surface area contributed by atoms with Crippen LogP contribution >= 0.6 is 0 Å². The summed E-state index contributed by atoms with van der Waals surface area (Å²) in [6.45, 7) is 0. The van der Waals surface area contributed by atoms with E-state index in [1.54, 1.807) is 12.1 Å². The molecular formula is C13H11NO5S. The highest BCUT2D eigenvalue weighted by Gasteiger charge is 2.23. The summed E-state index contributed by atoms with van der Waals surface area (Å²) in [7, 11) is -3.67. The zero-order chi connectivity index (χ0) is 14.9. The van der Waals surface area contributed by atoms with Crippen LogP contribution in [-0.4, -0.2) is 31.0 Å². The summed E-state index contributed by atoms with van der Waals surface area (Å²) >= 11 is 0. The van der Waals surface area contributed by atoms with Crippen molar-refractivity contribution in [2.24, 2.45) is 0 Å². The number of carbonyl (C=O) groups is 2. The Morgan fingerprint density at radius 1 is 0.950 bits per heavy atom. The number of benzene rings is 2. The van der Waals surface area contributed by atoms with E-state index in [0.717, 1.165) is 10.8 Å². The maximum atomic E-state index is 11.6. The topological polar surface area (TPSA) is 101 Å². The lowest BCUT2D eigenvalue weighted by Crippen LogP contribution is -2.34. The maximum absolute atomic E-state index is 11.6. The van der Waals surface area contributed by atoms with Crippen molar-refractivity contribution in [3.8, 4) is 0 Å². The van der Waals surface area contributed by atoms with Gasteiger partial charge in [-0.3, -0.25) is 19.5 Å². The van der Waals surface area contributed by atoms with Crippen LogP contribution in [0.5, 0.6) is 0 Å². The molecule has 1 aliphatic rings. The molecule has 0 atom stereocenters. The Kier molecular flexibility index (Phi) is 3.56. The highest BCUT2D eigenvalue weighted by Crippen LogP contribution is 2.25. The van der Waals surface area contributed by atoms with Gasteiger partial charge in [0.05, 0.1) is 6.26 Å². The second-order valence-corrected chi connectivity index (χ2v) is 5.69. The Labute approximate surface area is 115 Å². The summed E-state index contributed by atoms with van der Waals surface area (Å²) in [5, 5.41) is 4.00. The normalized spacial score (nSPS) is 13.5. The summed E-state index contributed by atoms with van der Waals surface area (Å²) in [6.07, 6.45) is 0.715. The fourth-order valence-corrected chi connectivity index (χ4v) is 1.96. The van der Waals surface area contributed by atoms with Crippen molar-refractivity contribution in [1.29, 1.82) is 0 Å². The number of carbonyl (C=O) groups excluding carboxylic acids is 2. The minimum Gasteiger partial charge on any atom is -0.288 e. The molecule has 0 aromatic heterocycles. The quantitative estimate of drug-likeness (QED) is 0.562. The van der Waals surface area contributed by atoms with E-state index in [4.69, 9.17) is 4.55 Å². The van der Waals surface area contributed by atoms with Crippen LogP contribution in [0.4, 0.5) is 0 Å². The average molecular weight is 293 g/mol. The molecule has 104 valence electrons. The Bertz CT molecular complexity index is 754. The van der Waals surface area contributed by atoms with Gasteiger partial charge >= 0.3 is 0 Å². The Morgan fingerprint density at radius 2 is 1.35 bits per heavy atom. The van der Waals surface area contributed by atoms with Crippen molar-refractivity contribution in [3.05, 3.63) is 47.5 Å². The second kappa shape index (κ2) is 5.03. The lowest BCUT2D eigenvalue weighted by Gasteiger charge is -2.15. The molecule has 1 heterocycles. The summed E-state index contributed by atoms with van der Waals surface area (Å²) in [5.41, 5.74) is 1.14. The molecule has 0 bridgehead atoms. The largest absolute Gasteiger partial charge is 0.288 e. The van der Waals surface area contributed by atoms with Crippen molar-refractivity contribution in [3.63, 3.8) is 0 Å². The van der Waals surface area contributed by atoms with E-state index in [-0.39, 0.29) is 11.8 Å². The van der Waals surface area contributed by atoms with E-state index in [2.05, 4.69) is 5.32 Å². The van der Waals surface area contributed by atoms with Gasteiger partial charge < -0.3 is 0 Å². The minimum atomic E-state index is -3.67. The maximum Gasteiger partial charge on any atom is 0.261 e. The molecule has 0 aliphatic carbocycles. The summed E-state index contributed by atoms with van der Waals surface area (Å²) < 4.78 is 25.9. The first-order valence-electron chi connectivity index (χ1n) is 5.57. The van der Waals surface area contributed by atoms with Gasteiger partial charge in [-0.15, -0.1) is 0 Å². The molecule has 20 heavy (non-hydrogen) atoms. The zero-order valence-electron chi connectivity index (χ0n) is 10.5. The summed E-state index contributed by atoms with van der Waals surface area (Å²) in [4.78, 5) is 23.1. The lowest BCUT2D eigenvalue weighted by molar-refractivity contribution is 0.0845. The van der Waals surface area contributed by atoms with Crippen molar-refractivity contribution in [2.75, 3.05) is 6.26 Å². The first kappa shape index (κ1) is 14.2. The standard InChI is InChI=1S/C12H7NO2.CH4O3S/c14-11-8-5-1-3-7-4-2-6-9(10(7)8)12(15)13-11;1-5(2,3)4/h1-6H,(H,13,14,15);1H3,(H,2,3,4). The highest BCUT2D eigenvalue weighted by atomic mass is 32.2. The molecule has 3 rings (SSSR count). The molecule has 2 amide bonds. The molecule has 0 fully saturated rings. The van der Waals surface area contributed by atoms with E-state index in [9.17, 15) is 18.0 Å². The third kappa shape index (κ3) is 3.01. The van der Waals surface area contributed by atoms with E-state index < -0.39 is 10.1 Å². The zero-order valence-corrected chi connectivity index (χ0v) is 11.3. The van der Waals surface area contributed by atoms with Crippen molar-refractivity contribution in [1.82, 2.24) is 5.32 Å². The van der Waals surface area contributed by atoms with Gasteiger partial charge in [0.2, 0.25) is 0 Å².